The summed E-state index contributed by atoms with van der Waals surface area (Å²) in [6.45, 7) is 10.9. The molecule has 0 aliphatic heterocycles. The summed E-state index contributed by atoms with van der Waals surface area (Å²) in [6.07, 6.45) is 3.45. The number of hydrogen-bond donors (Lipinski definition) is 0. The van der Waals surface area contributed by atoms with E-state index >= 15 is 0 Å². The second-order valence-electron chi connectivity index (χ2n) is 3.64. The Kier molecular flexibility index (Phi) is 6.65. The van der Waals surface area contributed by atoms with E-state index < -0.39 is 0 Å². The van der Waals surface area contributed by atoms with E-state index in [9.17, 15) is 4.79 Å². The van der Waals surface area contributed by atoms with Gasteiger partial charge in [-0.15, -0.1) is 0 Å². The molecule has 0 saturated heterocycles. The Morgan fingerprint density at radius 2 is 2.08 bits per heavy atom. The highest BCUT2D eigenvalue weighted by Gasteiger charge is 2.14. The van der Waals surface area contributed by atoms with Crippen LogP contribution in [0.3, 0.4) is 0 Å². The normalized spacial score (nSPS) is 10.5. The van der Waals surface area contributed by atoms with Crippen LogP contribution in [0, 0.1) is 6.92 Å². The van der Waals surface area contributed by atoms with Crippen LogP contribution in [0.25, 0.3) is 0 Å². The molecule has 0 unspecified atom stereocenters. The molecule has 0 spiro atoms. The largest absolute Gasteiger partial charge is 0.340 e. The summed E-state index contributed by atoms with van der Waals surface area (Å²) in [5.41, 5.74) is 0. The van der Waals surface area contributed by atoms with Crippen molar-refractivity contribution in [3.05, 3.63) is 6.92 Å². The highest BCUT2D eigenvalue weighted by molar-refractivity contribution is 5.76. The maximum Gasteiger partial charge on any atom is 0.222 e. The Morgan fingerprint density at radius 3 is 2.46 bits per heavy atom. The van der Waals surface area contributed by atoms with Gasteiger partial charge in [0.15, 0.2) is 0 Å². The van der Waals surface area contributed by atoms with Gasteiger partial charge in [-0.3, -0.25) is 4.79 Å². The summed E-state index contributed by atoms with van der Waals surface area (Å²) in [6, 6.07) is 0.331. The van der Waals surface area contributed by atoms with E-state index in [0.717, 1.165) is 25.8 Å². The summed E-state index contributed by atoms with van der Waals surface area (Å²) in [5, 5.41) is 0. The van der Waals surface area contributed by atoms with E-state index in [1.54, 1.807) is 0 Å². The minimum atomic E-state index is 0.278. The molecule has 2 nitrogen and oxygen atoms in total. The zero-order valence-corrected chi connectivity index (χ0v) is 9.18. The van der Waals surface area contributed by atoms with Crippen LogP contribution in [0.2, 0.25) is 0 Å². The lowest BCUT2D eigenvalue weighted by Gasteiger charge is -2.26. The third-order valence-electron chi connectivity index (χ3n) is 2.05. The van der Waals surface area contributed by atoms with Crippen LogP contribution < -0.4 is 0 Å². The molecule has 77 valence electrons. The lowest BCUT2D eigenvalue weighted by molar-refractivity contribution is -0.133. The van der Waals surface area contributed by atoms with E-state index in [2.05, 4.69) is 27.7 Å². The van der Waals surface area contributed by atoms with Gasteiger partial charge in [0.1, 0.15) is 0 Å². The molecule has 0 rings (SSSR count). The number of amides is 1. The van der Waals surface area contributed by atoms with Gasteiger partial charge >= 0.3 is 0 Å². The second-order valence-corrected chi connectivity index (χ2v) is 3.64. The third-order valence-corrected chi connectivity index (χ3v) is 2.05. The topological polar surface area (TPSA) is 20.3 Å². The molecule has 1 radical (unpaired) electrons. The third kappa shape index (κ3) is 4.91. The van der Waals surface area contributed by atoms with Gasteiger partial charge in [0, 0.05) is 19.0 Å². The predicted molar refractivity (Wildman–Crippen MR) is 56.3 cm³/mol. The number of nitrogens with zero attached hydrogens (tertiary/aromatic N) is 1. The monoisotopic (exact) mass is 184 g/mol. The van der Waals surface area contributed by atoms with Crippen LogP contribution in [0.15, 0.2) is 0 Å². The fourth-order valence-corrected chi connectivity index (χ4v) is 1.33. The minimum absolute atomic E-state index is 0.278. The van der Waals surface area contributed by atoms with Gasteiger partial charge in [-0.25, -0.2) is 0 Å². The minimum Gasteiger partial charge on any atom is -0.340 e. The van der Waals surface area contributed by atoms with Crippen molar-refractivity contribution in [2.24, 2.45) is 0 Å². The van der Waals surface area contributed by atoms with Gasteiger partial charge in [0.2, 0.25) is 5.91 Å². The standard InChI is InChI=1S/C11H22NO/c1-5-7-8-11(13)12(9-6-2)10(3)4/h10H,1,5-9H2,2-4H3. The lowest BCUT2D eigenvalue weighted by Crippen LogP contribution is -2.37. The summed E-state index contributed by atoms with van der Waals surface area (Å²) in [5.74, 6) is 0.278. The summed E-state index contributed by atoms with van der Waals surface area (Å²) in [7, 11) is 0. The Balaban J connectivity index is 3.96. The molecule has 1 amide bonds. The van der Waals surface area contributed by atoms with Crippen molar-refractivity contribution in [3.63, 3.8) is 0 Å². The second kappa shape index (κ2) is 6.93. The Morgan fingerprint density at radius 1 is 1.46 bits per heavy atom. The first-order chi connectivity index (χ1) is 6.13. The first-order valence-electron chi connectivity index (χ1n) is 5.22. The van der Waals surface area contributed by atoms with E-state index in [4.69, 9.17) is 0 Å². The Hall–Kier alpha value is -0.530. The molecule has 0 aliphatic carbocycles. The van der Waals surface area contributed by atoms with Gasteiger partial charge < -0.3 is 4.90 Å². The van der Waals surface area contributed by atoms with Crippen molar-refractivity contribution >= 4 is 5.91 Å². The molecule has 0 aromatic rings. The van der Waals surface area contributed by atoms with Crippen molar-refractivity contribution in [2.45, 2.75) is 52.5 Å². The van der Waals surface area contributed by atoms with Crippen molar-refractivity contribution in [1.29, 1.82) is 0 Å². The molecule has 0 aromatic carbocycles. The lowest BCUT2D eigenvalue weighted by atomic mass is 10.2. The maximum atomic E-state index is 11.6. The number of rotatable bonds is 6. The zero-order chi connectivity index (χ0) is 10.3. The van der Waals surface area contributed by atoms with Gasteiger partial charge in [-0.2, -0.15) is 0 Å². The summed E-state index contributed by atoms with van der Waals surface area (Å²) >= 11 is 0. The van der Waals surface area contributed by atoms with Crippen molar-refractivity contribution < 1.29 is 4.79 Å². The summed E-state index contributed by atoms with van der Waals surface area (Å²) in [4.78, 5) is 13.6. The van der Waals surface area contributed by atoms with Gasteiger partial charge in [-0.1, -0.05) is 20.3 Å². The van der Waals surface area contributed by atoms with Crippen LogP contribution in [0.4, 0.5) is 0 Å². The molecule has 0 atom stereocenters. The number of carbonyl (C=O) groups is 1. The van der Waals surface area contributed by atoms with Crippen LogP contribution in [0.1, 0.15) is 46.5 Å². The van der Waals surface area contributed by atoms with E-state index in [0.29, 0.717) is 12.5 Å². The van der Waals surface area contributed by atoms with Crippen molar-refractivity contribution in [3.8, 4) is 0 Å². The SMILES string of the molecule is [CH2]CCCC(=O)N(CCC)C(C)C. The fraction of sp³-hybridized carbons (Fsp3) is 0.818. The highest BCUT2D eigenvalue weighted by Crippen LogP contribution is 2.05. The Labute approximate surface area is 82.3 Å². The molecular weight excluding hydrogens is 162 g/mol. The summed E-state index contributed by atoms with van der Waals surface area (Å²) < 4.78 is 0. The molecule has 0 N–H and O–H groups in total. The van der Waals surface area contributed by atoms with Crippen molar-refractivity contribution in [1.82, 2.24) is 4.90 Å². The Bertz CT molecular complexity index is 143. The van der Waals surface area contributed by atoms with Crippen LogP contribution >= 0.6 is 0 Å². The van der Waals surface area contributed by atoms with Gasteiger partial charge in [0.25, 0.3) is 0 Å². The first-order valence-corrected chi connectivity index (χ1v) is 5.22. The predicted octanol–water partition coefficient (Wildman–Crippen LogP) is 2.64. The molecule has 0 bridgehead atoms. The van der Waals surface area contributed by atoms with Crippen LogP contribution in [0.5, 0.6) is 0 Å². The van der Waals surface area contributed by atoms with Gasteiger partial charge in [-0.05, 0) is 26.7 Å². The van der Waals surface area contributed by atoms with Crippen LogP contribution in [-0.4, -0.2) is 23.4 Å². The molecule has 13 heavy (non-hydrogen) atoms. The molecule has 0 heterocycles. The van der Waals surface area contributed by atoms with E-state index in [1.807, 2.05) is 4.90 Å². The number of unbranched alkanes of at least 4 members (excludes halogenated alkanes) is 1. The highest BCUT2D eigenvalue weighted by atomic mass is 16.2. The van der Waals surface area contributed by atoms with Crippen molar-refractivity contribution in [2.75, 3.05) is 6.54 Å². The fourth-order valence-electron chi connectivity index (χ4n) is 1.33. The zero-order valence-electron chi connectivity index (χ0n) is 9.18. The smallest absolute Gasteiger partial charge is 0.222 e. The number of hydrogen-bond acceptors (Lipinski definition) is 1. The first kappa shape index (κ1) is 12.5. The van der Waals surface area contributed by atoms with Crippen LogP contribution in [-0.2, 0) is 4.79 Å². The number of carbonyl (C=O) groups excluding carboxylic acids is 1. The maximum absolute atomic E-state index is 11.6. The molecule has 0 fully saturated rings. The van der Waals surface area contributed by atoms with E-state index in [1.165, 1.54) is 0 Å². The molecule has 2 heteroatoms. The molecular formula is C11H22NO. The van der Waals surface area contributed by atoms with Gasteiger partial charge in [0.05, 0.1) is 0 Å². The average molecular weight is 184 g/mol. The average Bonchev–Trinajstić information content (AvgIpc) is 2.09. The quantitative estimate of drug-likeness (QED) is 0.621. The molecule has 0 saturated carbocycles. The molecule has 0 aromatic heterocycles. The molecule has 0 aliphatic rings. The van der Waals surface area contributed by atoms with E-state index in [-0.39, 0.29) is 5.91 Å².